The van der Waals surface area contributed by atoms with Crippen LogP contribution in [0.2, 0.25) is 0 Å². The van der Waals surface area contributed by atoms with Crippen molar-refractivity contribution in [1.29, 1.82) is 0 Å². The summed E-state index contributed by atoms with van der Waals surface area (Å²) in [4.78, 5) is 133. The van der Waals surface area contributed by atoms with Gasteiger partial charge in [0.05, 0.1) is 54.2 Å². The number of aliphatic hydroxyl groups is 6. The summed E-state index contributed by atoms with van der Waals surface area (Å²) in [5.41, 5.74) is 2.75. The van der Waals surface area contributed by atoms with E-state index in [2.05, 4.69) is 98.7 Å². The van der Waals surface area contributed by atoms with E-state index >= 15 is 0 Å². The molecule has 12 N–H and O–H groups in total. The Hall–Kier alpha value is -9.05. The Morgan fingerprint density at radius 1 is 0.407 bits per heavy atom. The number of hydrogen-bond donors (Lipinski definition) is 12. The van der Waals surface area contributed by atoms with Gasteiger partial charge in [0.25, 0.3) is 0 Å². The molecule has 0 bridgehead atoms. The Balaban J connectivity index is 0.000000423. The molecule has 0 saturated heterocycles. The van der Waals surface area contributed by atoms with Crippen molar-refractivity contribution in [3.8, 4) is 36.0 Å². The molecule has 135 heavy (non-hydrogen) atoms. The van der Waals surface area contributed by atoms with Gasteiger partial charge in [-0.25, -0.2) is 0 Å². The van der Waals surface area contributed by atoms with Crippen LogP contribution in [0.15, 0.2) is 104 Å². The van der Waals surface area contributed by atoms with Crippen molar-refractivity contribution in [3.63, 3.8) is 0 Å². The summed E-state index contributed by atoms with van der Waals surface area (Å²) in [6.07, 6.45) is 20.0. The number of amides is 9. The first-order valence-electron chi connectivity index (χ1n) is 50.1. The second-order valence-corrected chi connectivity index (χ2v) is 39.0. The average Bonchev–Trinajstić information content (AvgIpc) is 0.853. The lowest BCUT2D eigenvalue weighted by Gasteiger charge is -2.33. The molecule has 3 saturated carbocycles. The monoisotopic (exact) mass is 1880 g/mol. The van der Waals surface area contributed by atoms with Crippen LogP contribution in [0.1, 0.15) is 246 Å². The number of carbonyl (C=O) groups is 9. The van der Waals surface area contributed by atoms with E-state index < -0.39 is 126 Å². The molecule has 15 atom stereocenters. The first-order valence-corrected chi connectivity index (χ1v) is 50.1. The fourth-order valence-corrected chi connectivity index (χ4v) is 17.8. The molecular weight excluding hydrogens is 1710 g/mol. The summed E-state index contributed by atoms with van der Waals surface area (Å²) in [5, 5.41) is 82.7. The van der Waals surface area contributed by atoms with E-state index in [9.17, 15) is 73.8 Å². The Bertz CT molecular complexity index is 4090. The predicted octanol–water partition coefficient (Wildman–Crippen LogP) is 10.1. The minimum Gasteiger partial charge on any atom is -0.390 e. The molecule has 9 amide bonds. The number of benzene rings is 3. The molecule has 6 rings (SSSR count). The molecular formula is C108H172N12O15. The van der Waals surface area contributed by atoms with Gasteiger partial charge in [-0.2, -0.15) is 0 Å². The Morgan fingerprint density at radius 3 is 0.993 bits per heavy atom. The molecule has 0 spiro atoms. The van der Waals surface area contributed by atoms with Crippen molar-refractivity contribution < 1.29 is 73.8 Å². The highest BCUT2D eigenvalue weighted by atomic mass is 16.3. The van der Waals surface area contributed by atoms with Gasteiger partial charge in [0.2, 0.25) is 53.2 Å². The molecule has 754 valence electrons. The van der Waals surface area contributed by atoms with E-state index in [1.54, 1.807) is 49.7 Å². The summed E-state index contributed by atoms with van der Waals surface area (Å²) < 4.78 is 0. The average molecular weight is 1880 g/mol. The van der Waals surface area contributed by atoms with E-state index in [0.717, 1.165) is 126 Å². The minimum atomic E-state index is -1.25. The fourth-order valence-electron chi connectivity index (χ4n) is 17.8. The van der Waals surface area contributed by atoms with Gasteiger partial charge in [-0.1, -0.05) is 242 Å². The summed E-state index contributed by atoms with van der Waals surface area (Å²) >= 11 is 0. The summed E-state index contributed by atoms with van der Waals surface area (Å²) in [6.45, 7) is 27.5. The van der Waals surface area contributed by atoms with E-state index in [0.29, 0.717) is 95.3 Å². The highest BCUT2D eigenvalue weighted by Gasteiger charge is 2.39. The van der Waals surface area contributed by atoms with E-state index in [1.807, 2.05) is 145 Å². The van der Waals surface area contributed by atoms with Crippen LogP contribution in [0.4, 0.5) is 0 Å². The third kappa shape index (κ3) is 46.8. The molecule has 0 heterocycles. The van der Waals surface area contributed by atoms with Crippen LogP contribution in [0.5, 0.6) is 0 Å². The number of carbonyl (C=O) groups excluding carboxylic acids is 9. The Labute approximate surface area is 810 Å². The molecule has 0 aromatic heterocycles. The maximum atomic E-state index is 13.9. The van der Waals surface area contributed by atoms with E-state index in [-0.39, 0.29) is 68.1 Å². The van der Waals surface area contributed by atoms with Crippen molar-refractivity contribution in [3.05, 3.63) is 120 Å². The number of aliphatic hydroxyl groups excluding tert-OH is 6. The number of nitrogens with one attached hydrogen (secondary N) is 6. The summed E-state index contributed by atoms with van der Waals surface area (Å²) in [5.74, 6) is 10.1. The van der Waals surface area contributed by atoms with E-state index in [1.165, 1.54) is 25.3 Å². The van der Waals surface area contributed by atoms with Crippen LogP contribution in [-0.4, -0.2) is 287 Å². The third-order valence-electron chi connectivity index (χ3n) is 26.7. The quantitative estimate of drug-likeness (QED) is 0.0185. The van der Waals surface area contributed by atoms with Gasteiger partial charge in [-0.15, -0.1) is 42.6 Å². The summed E-state index contributed by atoms with van der Waals surface area (Å²) in [7, 11) is 11.1. The van der Waals surface area contributed by atoms with Gasteiger partial charge in [-0.3, -0.25) is 43.2 Å². The summed E-state index contributed by atoms with van der Waals surface area (Å²) in [6, 6.07) is 23.5. The number of hydrogen-bond acceptors (Lipinski definition) is 18. The normalized spacial score (nSPS) is 17.0. The molecule has 27 nitrogen and oxygen atoms in total. The lowest BCUT2D eigenvalue weighted by Crippen LogP contribution is -2.56. The smallest absolute Gasteiger partial charge is 0.243 e. The second-order valence-electron chi connectivity index (χ2n) is 39.0. The SMILES string of the molecule is C#CC[C@H](NC(=O)C(CC(=O)N(C)CCN(CC)CC)Cc1ccccc1)C(=O)NC(CC1CCCCC1)[C@@H](O)C(O)C=C.CC#CC[C@H](NC(=O)C(CC(=O)N(C)CCN(C)C)Cc1ccccc1)C(=O)NC(CC1CCCCC1)[C@@H](O)C(O)CC(C)C.CC#CC[C@H](NC(=O)C(CC(=O)N(C)CCN(C)CC)Cc1ccccc1)C(=O)NC(CC1CCCCC1)[C@@H](O)C(O)CC(C)C. The number of rotatable bonds is 56. The zero-order chi connectivity index (χ0) is 99.9. The molecule has 0 radical (unpaired) electrons. The Morgan fingerprint density at radius 2 is 0.711 bits per heavy atom. The van der Waals surface area contributed by atoms with Gasteiger partial charge in [-0.05, 0) is 152 Å². The Kier molecular flexibility index (Phi) is 58.2. The molecule has 27 heteroatoms. The molecule has 3 aliphatic carbocycles. The molecule has 0 aliphatic heterocycles. The van der Waals surface area contributed by atoms with Crippen LogP contribution in [0.25, 0.3) is 0 Å². The third-order valence-corrected chi connectivity index (χ3v) is 26.7. The van der Waals surface area contributed by atoms with Crippen LogP contribution < -0.4 is 31.9 Å². The number of nitrogens with zero attached hydrogens (tertiary/aromatic N) is 6. The lowest BCUT2D eigenvalue weighted by molar-refractivity contribution is -0.137. The van der Waals surface area contributed by atoms with E-state index in [4.69, 9.17) is 6.42 Å². The fraction of sp³-hybridized carbons (Fsp3) is 0.676. The van der Waals surface area contributed by atoms with Gasteiger partial charge < -0.3 is 91.9 Å². The maximum Gasteiger partial charge on any atom is 0.243 e. The van der Waals surface area contributed by atoms with Crippen molar-refractivity contribution in [2.24, 2.45) is 47.3 Å². The molecule has 3 aromatic rings. The first kappa shape index (κ1) is 118. The van der Waals surface area contributed by atoms with Crippen molar-refractivity contribution in [2.45, 2.75) is 321 Å². The van der Waals surface area contributed by atoms with Crippen molar-refractivity contribution >= 4 is 53.2 Å². The second kappa shape index (κ2) is 66.5. The van der Waals surface area contributed by atoms with Crippen LogP contribution >= 0.6 is 0 Å². The molecule has 3 fully saturated rings. The van der Waals surface area contributed by atoms with Gasteiger partial charge in [0.1, 0.15) is 36.4 Å². The van der Waals surface area contributed by atoms with Gasteiger partial charge >= 0.3 is 0 Å². The van der Waals surface area contributed by atoms with Crippen molar-refractivity contribution in [1.82, 2.24) is 61.3 Å². The highest BCUT2D eigenvalue weighted by Crippen LogP contribution is 2.33. The zero-order valence-corrected chi connectivity index (χ0v) is 84.5. The standard InChI is InChI=1S/C37H60N4O5.C36H58N4O5.C35H54N4O5/c1-7-9-20-31(37(46)39-32(25-29-18-14-11-15-19-29)35(44)33(42)23-27(3)4)38-36(45)30(24-28-16-12-10-13-17-28)26-34(43)41(6)22-21-40(5)8-2;1-7-8-19-30(36(45)38-31(24-28-17-13-10-14-18-28)34(43)32(41)22-26(2)3)37-35(44)29(23-27-15-11-9-12-16-27)25-33(42)40(6)21-20-39(4)5;1-6-16-29(35(44)37-30(33(42)31(40)7-2)24-27-19-14-11-15-20-27)36-34(43)28(23-26-17-12-10-13-18-26)25-32(41)38(5)21-22-39(8-3)9-4/h10,12-13,16-17,27,29-33,35,42,44H,8,11,14-15,18-26H2,1-6H3,(H,38,45)(H,39,46);9,11-12,15-16,26,28-32,34,41,43H,10,13-14,17-25H2,1-6H3,(H,37,44)(H,38,45);1,7,10,12-13,17-18,27-31,33,40,42H,2,8-9,11,14-16,19-25H2,3-5H3,(H,36,43)(H,37,44)/t30?,31-,32?,33?,35+;29?,30-,31?,32?,34+;28?,29-,30?,31?,33+/m000/s1. The van der Waals surface area contributed by atoms with Gasteiger partial charge in [0.15, 0.2) is 0 Å². The number of terminal acetylenes is 1. The van der Waals surface area contributed by atoms with Crippen LogP contribution in [0, 0.1) is 83.4 Å². The molecule has 3 aliphatic rings. The lowest BCUT2D eigenvalue weighted by atomic mass is 9.82. The van der Waals surface area contributed by atoms with Crippen molar-refractivity contribution in [2.75, 3.05) is 101 Å². The number of likely N-dealkylation sites (N-methyl/N-ethyl adjacent to an activating group) is 6. The maximum absolute atomic E-state index is 13.9. The minimum absolute atomic E-state index is 0.00284. The van der Waals surface area contributed by atoms with Gasteiger partial charge in [0, 0.05) is 98.9 Å². The van der Waals surface area contributed by atoms with Crippen LogP contribution in [-0.2, 0) is 62.4 Å². The largest absolute Gasteiger partial charge is 0.390 e. The first-order chi connectivity index (χ1) is 64.5. The van der Waals surface area contributed by atoms with Crippen LogP contribution in [0.3, 0.4) is 0 Å². The molecule has 3 aromatic carbocycles. The topological polar surface area (TPSA) is 367 Å². The predicted molar refractivity (Wildman–Crippen MR) is 537 cm³/mol. The molecule has 9 unspecified atom stereocenters. The highest BCUT2D eigenvalue weighted by molar-refractivity contribution is 5.93. The zero-order valence-electron chi connectivity index (χ0n) is 84.5.